The van der Waals surface area contributed by atoms with E-state index in [1.807, 2.05) is 0 Å². The summed E-state index contributed by atoms with van der Waals surface area (Å²) in [6.45, 7) is 2.41. The lowest BCUT2D eigenvalue weighted by atomic mass is 10.1. The molecule has 21 heavy (non-hydrogen) atoms. The van der Waals surface area contributed by atoms with Gasteiger partial charge in [0.2, 0.25) is 0 Å². The summed E-state index contributed by atoms with van der Waals surface area (Å²) in [5.41, 5.74) is 0.523. The van der Waals surface area contributed by atoms with Crippen molar-refractivity contribution >= 4 is 5.91 Å². The number of carbonyl (C=O) groups excluding carboxylic acids is 1. The molecule has 0 radical (unpaired) electrons. The van der Waals surface area contributed by atoms with Gasteiger partial charge in [0.15, 0.2) is 0 Å². The number of hydrogen-bond acceptors (Lipinski definition) is 5. The van der Waals surface area contributed by atoms with Crippen LogP contribution >= 0.6 is 0 Å². The fraction of sp³-hybridized carbons (Fsp3) is 0.786. The summed E-state index contributed by atoms with van der Waals surface area (Å²) in [6.07, 6.45) is 6.04. The van der Waals surface area contributed by atoms with E-state index in [2.05, 4.69) is 20.9 Å². The van der Waals surface area contributed by atoms with Crippen molar-refractivity contribution in [1.82, 2.24) is 25.6 Å². The van der Waals surface area contributed by atoms with Gasteiger partial charge < -0.3 is 15.7 Å². The van der Waals surface area contributed by atoms with Crippen LogP contribution in [0.2, 0.25) is 0 Å². The van der Waals surface area contributed by atoms with Gasteiger partial charge in [-0.3, -0.25) is 4.79 Å². The number of nitrogens with zero attached hydrogens (tertiary/aromatic N) is 3. The zero-order valence-corrected chi connectivity index (χ0v) is 12.2. The minimum atomic E-state index is -0.280. The van der Waals surface area contributed by atoms with E-state index < -0.39 is 0 Å². The van der Waals surface area contributed by atoms with Crippen molar-refractivity contribution in [2.24, 2.45) is 5.92 Å². The highest BCUT2D eigenvalue weighted by Crippen LogP contribution is 2.25. The molecule has 1 aromatic heterocycles. The smallest absolute Gasteiger partial charge is 0.271 e. The maximum atomic E-state index is 12.3. The minimum absolute atomic E-state index is 0.141. The summed E-state index contributed by atoms with van der Waals surface area (Å²) in [5, 5.41) is 24.0. The van der Waals surface area contributed by atoms with Crippen molar-refractivity contribution in [3.05, 3.63) is 11.9 Å². The highest BCUT2D eigenvalue weighted by Gasteiger charge is 2.27. The molecule has 0 bridgehead atoms. The summed E-state index contributed by atoms with van der Waals surface area (Å²) in [6, 6.07) is 0.242. The summed E-state index contributed by atoms with van der Waals surface area (Å²) in [7, 11) is 0. The Morgan fingerprint density at radius 2 is 2.19 bits per heavy atom. The second-order valence-corrected chi connectivity index (χ2v) is 6.01. The van der Waals surface area contributed by atoms with Crippen molar-refractivity contribution in [2.75, 3.05) is 19.6 Å². The summed E-state index contributed by atoms with van der Waals surface area (Å²) in [4.78, 5) is 12.3. The van der Waals surface area contributed by atoms with Crippen LogP contribution in [-0.4, -0.2) is 51.7 Å². The number of aliphatic hydroxyl groups excluding tert-OH is 1. The number of nitrogens with one attached hydrogen (secondary N) is 2. The largest absolute Gasteiger partial charge is 0.393 e. The lowest BCUT2D eigenvalue weighted by molar-refractivity contribution is 0.0902. The number of aromatic nitrogens is 3. The van der Waals surface area contributed by atoms with E-state index in [9.17, 15) is 9.90 Å². The second kappa shape index (κ2) is 6.53. The summed E-state index contributed by atoms with van der Waals surface area (Å²) in [5.74, 6) is 0.0368. The SMILES string of the molecule is O=C(NCC1CCCC1O)c1cnnn1C1CCNCC1. The molecule has 2 fully saturated rings. The molecule has 116 valence electrons. The van der Waals surface area contributed by atoms with E-state index in [0.29, 0.717) is 12.2 Å². The third-order valence-corrected chi connectivity index (χ3v) is 4.61. The first kappa shape index (κ1) is 14.5. The monoisotopic (exact) mass is 293 g/mol. The molecule has 2 unspecified atom stereocenters. The molecule has 1 saturated heterocycles. The van der Waals surface area contributed by atoms with E-state index in [1.54, 1.807) is 4.68 Å². The highest BCUT2D eigenvalue weighted by atomic mass is 16.3. The van der Waals surface area contributed by atoms with Crippen molar-refractivity contribution < 1.29 is 9.90 Å². The molecule has 1 aromatic rings. The van der Waals surface area contributed by atoms with Gasteiger partial charge in [0, 0.05) is 12.5 Å². The van der Waals surface area contributed by atoms with Crippen LogP contribution in [0, 0.1) is 5.92 Å². The number of hydrogen-bond donors (Lipinski definition) is 3. The Hall–Kier alpha value is -1.47. The van der Waals surface area contributed by atoms with Gasteiger partial charge in [-0.05, 0) is 38.8 Å². The molecule has 2 atom stereocenters. The highest BCUT2D eigenvalue weighted by molar-refractivity contribution is 5.92. The van der Waals surface area contributed by atoms with E-state index >= 15 is 0 Å². The van der Waals surface area contributed by atoms with Crippen molar-refractivity contribution in [2.45, 2.75) is 44.2 Å². The first-order valence-corrected chi connectivity index (χ1v) is 7.83. The number of aliphatic hydroxyl groups is 1. The molecular formula is C14H23N5O2. The molecule has 2 heterocycles. The van der Waals surface area contributed by atoms with Gasteiger partial charge in [0.1, 0.15) is 5.69 Å². The molecule has 1 saturated carbocycles. The predicted octanol–water partition coefficient (Wildman–Crippen LogP) is 0.0934. The minimum Gasteiger partial charge on any atom is -0.393 e. The number of piperidine rings is 1. The van der Waals surface area contributed by atoms with Crippen LogP contribution in [0.4, 0.5) is 0 Å². The Bertz CT molecular complexity index is 483. The van der Waals surface area contributed by atoms with Crippen LogP contribution < -0.4 is 10.6 Å². The van der Waals surface area contributed by atoms with Gasteiger partial charge in [0.25, 0.3) is 5.91 Å². The maximum Gasteiger partial charge on any atom is 0.271 e. The quantitative estimate of drug-likeness (QED) is 0.732. The van der Waals surface area contributed by atoms with Crippen LogP contribution in [0.5, 0.6) is 0 Å². The molecule has 3 rings (SSSR count). The van der Waals surface area contributed by atoms with Crippen molar-refractivity contribution in [3.63, 3.8) is 0 Å². The average Bonchev–Trinajstić information content (AvgIpc) is 3.15. The third kappa shape index (κ3) is 3.24. The first-order chi connectivity index (χ1) is 10.3. The molecular weight excluding hydrogens is 270 g/mol. The van der Waals surface area contributed by atoms with Crippen LogP contribution in [0.3, 0.4) is 0 Å². The molecule has 3 N–H and O–H groups in total. The van der Waals surface area contributed by atoms with E-state index in [4.69, 9.17) is 0 Å². The van der Waals surface area contributed by atoms with Gasteiger partial charge in [-0.2, -0.15) is 0 Å². The normalized spacial score (nSPS) is 26.9. The topological polar surface area (TPSA) is 92.1 Å². The van der Waals surface area contributed by atoms with Crippen LogP contribution in [-0.2, 0) is 0 Å². The zero-order chi connectivity index (χ0) is 14.7. The van der Waals surface area contributed by atoms with Crippen LogP contribution in [0.25, 0.3) is 0 Å². The fourth-order valence-corrected chi connectivity index (χ4v) is 3.30. The van der Waals surface area contributed by atoms with E-state index in [1.165, 1.54) is 6.20 Å². The van der Waals surface area contributed by atoms with Gasteiger partial charge in [0.05, 0.1) is 18.3 Å². The molecule has 1 aliphatic heterocycles. The molecule has 0 spiro atoms. The number of rotatable bonds is 4. The Labute approximate surface area is 124 Å². The van der Waals surface area contributed by atoms with Gasteiger partial charge in [-0.1, -0.05) is 11.6 Å². The van der Waals surface area contributed by atoms with E-state index in [-0.39, 0.29) is 24.0 Å². The van der Waals surface area contributed by atoms with Crippen LogP contribution in [0.1, 0.15) is 48.6 Å². The lowest BCUT2D eigenvalue weighted by Crippen LogP contribution is -2.36. The predicted molar refractivity (Wildman–Crippen MR) is 76.8 cm³/mol. The average molecular weight is 293 g/mol. The Morgan fingerprint density at radius 1 is 1.38 bits per heavy atom. The molecule has 1 amide bonds. The first-order valence-electron chi connectivity index (χ1n) is 7.83. The number of amides is 1. The Balaban J connectivity index is 1.60. The molecule has 0 aromatic carbocycles. The van der Waals surface area contributed by atoms with Gasteiger partial charge in [-0.15, -0.1) is 5.10 Å². The number of carbonyl (C=O) groups is 1. The fourth-order valence-electron chi connectivity index (χ4n) is 3.30. The molecule has 7 nitrogen and oxygen atoms in total. The summed E-state index contributed by atoms with van der Waals surface area (Å²) < 4.78 is 1.75. The molecule has 1 aliphatic carbocycles. The van der Waals surface area contributed by atoms with Gasteiger partial charge in [-0.25, -0.2) is 4.68 Å². The van der Waals surface area contributed by atoms with Gasteiger partial charge >= 0.3 is 0 Å². The lowest BCUT2D eigenvalue weighted by Gasteiger charge is -2.24. The van der Waals surface area contributed by atoms with Crippen molar-refractivity contribution in [3.8, 4) is 0 Å². The third-order valence-electron chi connectivity index (χ3n) is 4.61. The Morgan fingerprint density at radius 3 is 2.90 bits per heavy atom. The van der Waals surface area contributed by atoms with Crippen LogP contribution in [0.15, 0.2) is 6.20 Å². The Kier molecular flexibility index (Phi) is 4.50. The summed E-state index contributed by atoms with van der Waals surface area (Å²) >= 11 is 0. The van der Waals surface area contributed by atoms with Crippen molar-refractivity contribution in [1.29, 1.82) is 0 Å². The molecule has 7 heteroatoms. The molecule has 2 aliphatic rings. The zero-order valence-electron chi connectivity index (χ0n) is 12.2. The van der Waals surface area contributed by atoms with E-state index in [0.717, 1.165) is 45.2 Å². The second-order valence-electron chi connectivity index (χ2n) is 6.01. The standard InChI is InChI=1S/C14H23N5O2/c20-13-3-1-2-10(13)8-16-14(21)12-9-17-18-19(12)11-4-6-15-7-5-11/h9-11,13,15,20H,1-8H2,(H,16,21). The maximum absolute atomic E-state index is 12.3.